The Bertz CT molecular complexity index is 358. The largest absolute Gasteiger partial charge is 0.307 e. The minimum Gasteiger partial charge on any atom is -0.307 e. The number of nitrogens with zero attached hydrogens (tertiary/aromatic N) is 2. The van der Waals surface area contributed by atoms with E-state index in [0.717, 1.165) is 23.5 Å². The summed E-state index contributed by atoms with van der Waals surface area (Å²) in [4.78, 5) is 0. The third kappa shape index (κ3) is 2.86. The molecule has 1 N–H and O–H groups in total. The third-order valence-corrected chi connectivity index (χ3v) is 2.35. The van der Waals surface area contributed by atoms with Crippen LogP contribution in [0.3, 0.4) is 0 Å². The van der Waals surface area contributed by atoms with Crippen molar-refractivity contribution in [2.75, 3.05) is 6.54 Å². The Labute approximate surface area is 91.6 Å². The molecule has 1 unspecified atom stereocenters. The highest BCUT2D eigenvalue weighted by atomic mass is 15.1. The van der Waals surface area contributed by atoms with Crippen molar-refractivity contribution in [3.8, 4) is 0 Å². The minimum atomic E-state index is 0.184. The second-order valence-corrected chi connectivity index (χ2v) is 3.86. The first-order chi connectivity index (χ1) is 7.06. The van der Waals surface area contributed by atoms with E-state index in [4.69, 9.17) is 0 Å². The van der Waals surface area contributed by atoms with Crippen molar-refractivity contribution in [1.29, 1.82) is 0 Å². The van der Waals surface area contributed by atoms with Crippen LogP contribution in [0, 0.1) is 13.8 Å². The number of hydrogen-bond donors (Lipinski definition) is 1. The van der Waals surface area contributed by atoms with Gasteiger partial charge in [0.05, 0.1) is 17.4 Å². The quantitative estimate of drug-likeness (QED) is 0.767. The molecule has 0 aliphatic heterocycles. The molecule has 15 heavy (non-hydrogen) atoms. The molecule has 3 heteroatoms. The fraction of sp³-hybridized carbons (Fsp3) is 0.500. The van der Waals surface area contributed by atoms with Crippen molar-refractivity contribution in [1.82, 2.24) is 15.5 Å². The van der Waals surface area contributed by atoms with Gasteiger partial charge in [-0.1, -0.05) is 19.1 Å². The van der Waals surface area contributed by atoms with E-state index < -0.39 is 0 Å². The summed E-state index contributed by atoms with van der Waals surface area (Å²) in [6, 6.07) is 2.26. The van der Waals surface area contributed by atoms with Gasteiger partial charge in [0.15, 0.2) is 0 Å². The van der Waals surface area contributed by atoms with Crippen LogP contribution < -0.4 is 5.32 Å². The zero-order valence-corrected chi connectivity index (χ0v) is 9.96. The highest BCUT2D eigenvalue weighted by Crippen LogP contribution is 2.22. The topological polar surface area (TPSA) is 37.8 Å². The third-order valence-electron chi connectivity index (χ3n) is 2.35. The maximum atomic E-state index is 4.13. The Kier molecular flexibility index (Phi) is 3.97. The lowest BCUT2D eigenvalue weighted by atomic mass is 10.00. The summed E-state index contributed by atoms with van der Waals surface area (Å²) < 4.78 is 0. The molecule has 0 amide bonds. The standard InChI is InChI=1S/C12H19N3/c1-6-13-12(8(2)3)11-7-9(4)14-15-10(11)5/h7,12-13H,2,6H2,1,3-5H3. The molecule has 1 atom stereocenters. The van der Waals surface area contributed by atoms with Crippen LogP contribution in [0.5, 0.6) is 0 Å². The van der Waals surface area contributed by atoms with E-state index in [9.17, 15) is 0 Å². The molecule has 0 spiro atoms. The predicted molar refractivity (Wildman–Crippen MR) is 62.7 cm³/mol. The summed E-state index contributed by atoms with van der Waals surface area (Å²) in [5.41, 5.74) is 4.19. The normalized spacial score (nSPS) is 12.5. The molecule has 82 valence electrons. The number of likely N-dealkylation sites (N-methyl/N-ethyl adjacent to an activating group) is 1. The summed E-state index contributed by atoms with van der Waals surface area (Å²) in [5, 5.41) is 11.6. The maximum absolute atomic E-state index is 4.13. The van der Waals surface area contributed by atoms with Crippen molar-refractivity contribution in [3.63, 3.8) is 0 Å². The zero-order valence-electron chi connectivity index (χ0n) is 9.96. The molecule has 0 aromatic carbocycles. The Morgan fingerprint density at radius 3 is 2.67 bits per heavy atom. The predicted octanol–water partition coefficient (Wildman–Crippen LogP) is 2.32. The molecule has 0 radical (unpaired) electrons. The maximum Gasteiger partial charge on any atom is 0.0651 e. The Morgan fingerprint density at radius 1 is 1.47 bits per heavy atom. The van der Waals surface area contributed by atoms with Crippen molar-refractivity contribution in [3.05, 3.63) is 35.2 Å². The molecule has 1 rings (SSSR count). The van der Waals surface area contributed by atoms with Crippen molar-refractivity contribution in [2.24, 2.45) is 0 Å². The number of aromatic nitrogens is 2. The fourth-order valence-corrected chi connectivity index (χ4v) is 1.62. The van der Waals surface area contributed by atoms with Gasteiger partial charge in [-0.25, -0.2) is 0 Å². The first kappa shape index (κ1) is 11.9. The van der Waals surface area contributed by atoms with Crippen molar-refractivity contribution in [2.45, 2.75) is 33.7 Å². The summed E-state index contributed by atoms with van der Waals surface area (Å²) in [6.45, 7) is 13.0. The van der Waals surface area contributed by atoms with E-state index in [-0.39, 0.29) is 6.04 Å². The van der Waals surface area contributed by atoms with Crippen LogP contribution in [0.15, 0.2) is 18.2 Å². The first-order valence-corrected chi connectivity index (χ1v) is 5.25. The minimum absolute atomic E-state index is 0.184. The smallest absolute Gasteiger partial charge is 0.0651 e. The van der Waals surface area contributed by atoms with E-state index in [1.807, 2.05) is 20.8 Å². The molecule has 1 aromatic rings. The molecule has 0 saturated carbocycles. The van der Waals surface area contributed by atoms with Crippen molar-refractivity contribution >= 4 is 0 Å². The van der Waals surface area contributed by atoms with E-state index >= 15 is 0 Å². The lowest BCUT2D eigenvalue weighted by Crippen LogP contribution is -2.23. The average Bonchev–Trinajstić information content (AvgIpc) is 2.18. The Balaban J connectivity index is 3.09. The van der Waals surface area contributed by atoms with Crippen LogP contribution in [0.1, 0.15) is 36.8 Å². The molecule has 1 heterocycles. The Morgan fingerprint density at radius 2 is 2.13 bits per heavy atom. The van der Waals surface area contributed by atoms with E-state index in [0.29, 0.717) is 0 Å². The summed E-state index contributed by atoms with van der Waals surface area (Å²) in [6.07, 6.45) is 0. The molecule has 0 fully saturated rings. The number of nitrogens with one attached hydrogen (secondary N) is 1. The SMILES string of the molecule is C=C(C)C(NCC)c1cc(C)nnc1C. The molecule has 0 saturated heterocycles. The van der Waals surface area contributed by atoms with Gasteiger partial charge in [-0.05, 0) is 38.9 Å². The van der Waals surface area contributed by atoms with Gasteiger partial charge < -0.3 is 5.32 Å². The number of aryl methyl sites for hydroxylation is 2. The number of rotatable bonds is 4. The van der Waals surface area contributed by atoms with E-state index in [1.54, 1.807) is 0 Å². The van der Waals surface area contributed by atoms with Crippen LogP contribution >= 0.6 is 0 Å². The van der Waals surface area contributed by atoms with Crippen LogP contribution in [0.4, 0.5) is 0 Å². The highest BCUT2D eigenvalue weighted by Gasteiger charge is 2.14. The van der Waals surface area contributed by atoms with Gasteiger partial charge in [0.2, 0.25) is 0 Å². The van der Waals surface area contributed by atoms with Gasteiger partial charge in [-0.3, -0.25) is 0 Å². The summed E-state index contributed by atoms with van der Waals surface area (Å²) in [7, 11) is 0. The second-order valence-electron chi connectivity index (χ2n) is 3.86. The van der Waals surface area contributed by atoms with Crippen LogP contribution in [0.25, 0.3) is 0 Å². The van der Waals surface area contributed by atoms with E-state index in [2.05, 4.69) is 35.1 Å². The van der Waals surface area contributed by atoms with Crippen molar-refractivity contribution < 1.29 is 0 Å². The van der Waals surface area contributed by atoms with Gasteiger partial charge in [0.1, 0.15) is 0 Å². The van der Waals surface area contributed by atoms with Gasteiger partial charge in [0.25, 0.3) is 0 Å². The second kappa shape index (κ2) is 5.03. The molecule has 0 aliphatic rings. The molecule has 0 bridgehead atoms. The summed E-state index contributed by atoms with van der Waals surface area (Å²) in [5.74, 6) is 0. The first-order valence-electron chi connectivity index (χ1n) is 5.25. The molecular formula is C12H19N3. The Hall–Kier alpha value is -1.22. The van der Waals surface area contributed by atoms with Gasteiger partial charge >= 0.3 is 0 Å². The molecule has 0 aliphatic carbocycles. The van der Waals surface area contributed by atoms with Crippen LogP contribution in [-0.2, 0) is 0 Å². The fourth-order valence-electron chi connectivity index (χ4n) is 1.62. The lowest BCUT2D eigenvalue weighted by molar-refractivity contribution is 0.611. The lowest BCUT2D eigenvalue weighted by Gasteiger charge is -2.19. The molecular weight excluding hydrogens is 186 g/mol. The average molecular weight is 205 g/mol. The van der Waals surface area contributed by atoms with E-state index in [1.165, 1.54) is 5.56 Å². The van der Waals surface area contributed by atoms with Crippen LogP contribution in [-0.4, -0.2) is 16.7 Å². The van der Waals surface area contributed by atoms with Crippen LogP contribution in [0.2, 0.25) is 0 Å². The molecule has 3 nitrogen and oxygen atoms in total. The monoisotopic (exact) mass is 205 g/mol. The molecule has 1 aromatic heterocycles. The zero-order chi connectivity index (χ0) is 11.4. The van der Waals surface area contributed by atoms with Gasteiger partial charge in [-0.2, -0.15) is 10.2 Å². The summed E-state index contributed by atoms with van der Waals surface area (Å²) >= 11 is 0. The highest BCUT2D eigenvalue weighted by molar-refractivity contribution is 5.29. The number of hydrogen-bond acceptors (Lipinski definition) is 3. The van der Waals surface area contributed by atoms with Gasteiger partial charge in [0, 0.05) is 0 Å². The van der Waals surface area contributed by atoms with Gasteiger partial charge in [-0.15, -0.1) is 0 Å².